The largest absolute Gasteiger partial charge is 0.374 e. The Labute approximate surface area is 142 Å². The number of nitrogens with zero attached hydrogens (tertiary/aromatic N) is 3. The summed E-state index contributed by atoms with van der Waals surface area (Å²) in [5.74, 6) is 0.372. The van der Waals surface area contributed by atoms with Crippen molar-refractivity contribution in [2.24, 2.45) is 7.05 Å². The molecular weight excluding hydrogens is 304 g/mol. The Morgan fingerprint density at radius 3 is 2.96 bits per heavy atom. The zero-order valence-electron chi connectivity index (χ0n) is 14.2. The first-order valence-electron chi connectivity index (χ1n) is 8.31. The smallest absolute Gasteiger partial charge is 0.293 e. The zero-order valence-corrected chi connectivity index (χ0v) is 14.2. The van der Waals surface area contributed by atoms with E-state index in [1.54, 1.807) is 19.4 Å². The summed E-state index contributed by atoms with van der Waals surface area (Å²) >= 11 is 0. The molecule has 2 heterocycles. The van der Waals surface area contributed by atoms with E-state index in [0.717, 1.165) is 13.1 Å². The second-order valence-electron chi connectivity index (χ2n) is 6.15. The van der Waals surface area contributed by atoms with Gasteiger partial charge in [0.1, 0.15) is 0 Å². The van der Waals surface area contributed by atoms with Crippen molar-refractivity contribution >= 4 is 5.82 Å². The normalized spacial score (nSPS) is 19.8. The molecule has 0 amide bonds. The van der Waals surface area contributed by atoms with Crippen LogP contribution in [0.15, 0.2) is 47.5 Å². The van der Waals surface area contributed by atoms with Crippen molar-refractivity contribution in [3.8, 4) is 0 Å². The Balaban J connectivity index is 1.59. The zero-order chi connectivity index (χ0) is 16.9. The molecule has 1 saturated heterocycles. The second kappa shape index (κ2) is 7.59. The minimum atomic E-state index is -0.122. The van der Waals surface area contributed by atoms with Gasteiger partial charge in [-0.2, -0.15) is 0 Å². The number of nitrogens with one attached hydrogen (secondary N) is 1. The van der Waals surface area contributed by atoms with E-state index in [2.05, 4.69) is 46.4 Å². The maximum Gasteiger partial charge on any atom is 0.293 e. The summed E-state index contributed by atoms with van der Waals surface area (Å²) in [4.78, 5) is 18.5. The van der Waals surface area contributed by atoms with Crippen molar-refractivity contribution in [2.45, 2.75) is 19.1 Å². The number of aryl methyl sites for hydroxylation is 1. The molecule has 2 aromatic rings. The molecule has 128 valence electrons. The van der Waals surface area contributed by atoms with E-state index in [1.807, 2.05) is 6.07 Å². The summed E-state index contributed by atoms with van der Waals surface area (Å²) in [5.41, 5.74) is 1.19. The van der Waals surface area contributed by atoms with Crippen LogP contribution < -0.4 is 10.9 Å². The molecule has 0 spiro atoms. The molecule has 1 fully saturated rings. The fraction of sp³-hybridized carbons (Fsp3) is 0.444. The van der Waals surface area contributed by atoms with Crippen LogP contribution in [0.1, 0.15) is 18.5 Å². The first kappa shape index (κ1) is 16.7. The molecule has 1 aliphatic heterocycles. The van der Waals surface area contributed by atoms with E-state index >= 15 is 0 Å². The molecule has 1 N–H and O–H groups in total. The summed E-state index contributed by atoms with van der Waals surface area (Å²) in [6, 6.07) is 10.8. The van der Waals surface area contributed by atoms with E-state index in [4.69, 9.17) is 4.74 Å². The Morgan fingerprint density at radius 2 is 2.17 bits per heavy atom. The highest BCUT2D eigenvalue weighted by Gasteiger charge is 2.25. The average Bonchev–Trinajstić information content (AvgIpc) is 2.63. The van der Waals surface area contributed by atoms with Crippen LogP contribution in [0.5, 0.6) is 0 Å². The van der Waals surface area contributed by atoms with Gasteiger partial charge in [-0.3, -0.25) is 9.69 Å². The monoisotopic (exact) mass is 328 g/mol. The number of hydrogen-bond acceptors (Lipinski definition) is 5. The summed E-state index contributed by atoms with van der Waals surface area (Å²) in [7, 11) is 1.72. The molecule has 0 unspecified atom stereocenters. The molecule has 3 rings (SSSR count). The van der Waals surface area contributed by atoms with Gasteiger partial charge in [0.2, 0.25) is 0 Å². The van der Waals surface area contributed by atoms with E-state index in [0.29, 0.717) is 25.0 Å². The summed E-state index contributed by atoms with van der Waals surface area (Å²) in [5, 5.41) is 3.13. The van der Waals surface area contributed by atoms with Gasteiger partial charge in [0.05, 0.1) is 12.7 Å². The summed E-state index contributed by atoms with van der Waals surface area (Å²) < 4.78 is 7.36. The Hall–Kier alpha value is -2.18. The SMILES string of the molecule is C[C@@H](c1ccccc1)N1CCO[C@@H](CNc2nccn(C)c2=O)C1. The highest BCUT2D eigenvalue weighted by Crippen LogP contribution is 2.22. The van der Waals surface area contributed by atoms with E-state index in [1.165, 1.54) is 10.1 Å². The maximum atomic E-state index is 12.0. The van der Waals surface area contributed by atoms with Crippen LogP contribution in [0.25, 0.3) is 0 Å². The molecule has 2 atom stereocenters. The molecule has 1 aromatic heterocycles. The molecule has 1 aromatic carbocycles. The lowest BCUT2D eigenvalue weighted by Gasteiger charge is -2.37. The van der Waals surface area contributed by atoms with Gasteiger partial charge in [-0.05, 0) is 12.5 Å². The van der Waals surface area contributed by atoms with Crippen molar-refractivity contribution in [1.82, 2.24) is 14.5 Å². The number of morpholine rings is 1. The van der Waals surface area contributed by atoms with Gasteiger partial charge in [-0.25, -0.2) is 4.98 Å². The average molecular weight is 328 g/mol. The van der Waals surface area contributed by atoms with Gasteiger partial charge in [-0.1, -0.05) is 30.3 Å². The fourth-order valence-corrected chi connectivity index (χ4v) is 2.99. The molecule has 6 heteroatoms. The quantitative estimate of drug-likeness (QED) is 0.904. The summed E-state index contributed by atoms with van der Waals surface area (Å²) in [6.45, 7) is 5.24. The molecule has 24 heavy (non-hydrogen) atoms. The van der Waals surface area contributed by atoms with Crippen LogP contribution in [0, 0.1) is 0 Å². The second-order valence-corrected chi connectivity index (χ2v) is 6.15. The molecule has 0 bridgehead atoms. The lowest BCUT2D eigenvalue weighted by molar-refractivity contribution is -0.0346. The van der Waals surface area contributed by atoms with Crippen LogP contribution in [0.3, 0.4) is 0 Å². The molecule has 6 nitrogen and oxygen atoms in total. The van der Waals surface area contributed by atoms with Crippen LogP contribution in [0.4, 0.5) is 5.82 Å². The van der Waals surface area contributed by atoms with Gasteiger partial charge in [0.25, 0.3) is 5.56 Å². The van der Waals surface area contributed by atoms with Gasteiger partial charge in [0, 0.05) is 45.1 Å². The van der Waals surface area contributed by atoms with E-state index < -0.39 is 0 Å². The van der Waals surface area contributed by atoms with Crippen LogP contribution in [-0.4, -0.2) is 46.8 Å². The Morgan fingerprint density at radius 1 is 1.38 bits per heavy atom. The number of benzene rings is 1. The predicted molar refractivity (Wildman–Crippen MR) is 94.1 cm³/mol. The highest BCUT2D eigenvalue weighted by atomic mass is 16.5. The minimum absolute atomic E-state index is 0.0385. The number of aromatic nitrogens is 2. The molecule has 0 radical (unpaired) electrons. The van der Waals surface area contributed by atoms with Gasteiger partial charge in [0.15, 0.2) is 5.82 Å². The topological polar surface area (TPSA) is 59.4 Å². The highest BCUT2D eigenvalue weighted by molar-refractivity contribution is 5.30. The number of rotatable bonds is 5. The lowest BCUT2D eigenvalue weighted by atomic mass is 10.1. The first-order valence-corrected chi connectivity index (χ1v) is 8.31. The number of anilines is 1. The van der Waals surface area contributed by atoms with Crippen molar-refractivity contribution in [1.29, 1.82) is 0 Å². The fourth-order valence-electron chi connectivity index (χ4n) is 2.99. The molecule has 0 saturated carbocycles. The molecular formula is C18H24N4O2. The Kier molecular flexibility index (Phi) is 5.27. The number of hydrogen-bond donors (Lipinski definition) is 1. The van der Waals surface area contributed by atoms with Crippen molar-refractivity contribution in [3.63, 3.8) is 0 Å². The molecule has 1 aliphatic rings. The van der Waals surface area contributed by atoms with E-state index in [-0.39, 0.29) is 11.7 Å². The first-order chi connectivity index (χ1) is 11.6. The van der Waals surface area contributed by atoms with Crippen LogP contribution >= 0.6 is 0 Å². The van der Waals surface area contributed by atoms with Gasteiger partial charge >= 0.3 is 0 Å². The standard InChI is InChI=1S/C18H24N4O2/c1-14(15-6-4-3-5-7-15)22-10-11-24-16(13-22)12-20-17-18(23)21(2)9-8-19-17/h3-9,14,16H,10-13H2,1-2H3,(H,19,20)/t14-,16-/m0/s1. The maximum absolute atomic E-state index is 12.0. The van der Waals surface area contributed by atoms with Crippen LogP contribution in [0.2, 0.25) is 0 Å². The minimum Gasteiger partial charge on any atom is -0.374 e. The third kappa shape index (κ3) is 3.83. The third-order valence-corrected chi connectivity index (χ3v) is 4.51. The van der Waals surface area contributed by atoms with Crippen molar-refractivity contribution < 1.29 is 4.74 Å². The van der Waals surface area contributed by atoms with Crippen molar-refractivity contribution in [3.05, 3.63) is 58.6 Å². The predicted octanol–water partition coefficient (Wildman–Crippen LogP) is 1.65. The van der Waals surface area contributed by atoms with Crippen molar-refractivity contribution in [2.75, 3.05) is 31.6 Å². The van der Waals surface area contributed by atoms with E-state index in [9.17, 15) is 4.79 Å². The third-order valence-electron chi connectivity index (χ3n) is 4.51. The van der Waals surface area contributed by atoms with Crippen LogP contribution in [-0.2, 0) is 11.8 Å². The Bertz CT molecular complexity index is 716. The van der Waals surface area contributed by atoms with Gasteiger partial charge < -0.3 is 14.6 Å². The molecule has 0 aliphatic carbocycles. The number of ether oxygens (including phenoxy) is 1. The van der Waals surface area contributed by atoms with Gasteiger partial charge in [-0.15, -0.1) is 0 Å². The lowest BCUT2D eigenvalue weighted by Crippen LogP contribution is -2.46. The summed E-state index contributed by atoms with van der Waals surface area (Å²) in [6.07, 6.45) is 3.31.